The molecular weight excluding hydrogens is 739 g/mol. The highest BCUT2D eigenvalue weighted by Crippen LogP contribution is 2.58. The van der Waals surface area contributed by atoms with Crippen molar-refractivity contribution < 1.29 is 4.42 Å². The predicted octanol–water partition coefficient (Wildman–Crippen LogP) is 15.9. The molecule has 0 atom stereocenters. The van der Waals surface area contributed by atoms with E-state index in [9.17, 15) is 0 Å². The van der Waals surface area contributed by atoms with Crippen molar-refractivity contribution in [2.24, 2.45) is 0 Å². The highest BCUT2D eigenvalue weighted by Gasteiger charge is 2.46. The van der Waals surface area contributed by atoms with Gasteiger partial charge in [-0.25, -0.2) is 0 Å². The van der Waals surface area contributed by atoms with Crippen molar-refractivity contribution in [3.8, 4) is 33.4 Å². The molecule has 0 unspecified atom stereocenters. The Morgan fingerprint density at radius 2 is 0.885 bits per heavy atom. The minimum Gasteiger partial charge on any atom is -0.456 e. The molecule has 10 aromatic carbocycles. The van der Waals surface area contributed by atoms with Crippen molar-refractivity contribution in [3.63, 3.8) is 0 Å². The number of hydrogen-bond acceptors (Lipinski definition) is 2. The number of rotatable bonds is 7. The Balaban J connectivity index is 1.06. The summed E-state index contributed by atoms with van der Waals surface area (Å²) in [6.07, 6.45) is 0. The van der Waals surface area contributed by atoms with E-state index in [1.165, 1.54) is 55.3 Å². The number of furan rings is 1. The molecule has 12 rings (SSSR count). The SMILES string of the molecule is c1ccc(C2(c3ccccc3)c3ccccc3-c3c(-c4ccc(N(c5ccccc5-c5cccc6oc7ccccc7c56)c5cccc6ccccc56)cc4)cccc32)cc1. The molecular formula is C59H39NO. The predicted molar refractivity (Wildman–Crippen MR) is 254 cm³/mol. The zero-order chi connectivity index (χ0) is 40.3. The minimum absolute atomic E-state index is 0.456. The summed E-state index contributed by atoms with van der Waals surface area (Å²) < 4.78 is 6.40. The van der Waals surface area contributed by atoms with Crippen LogP contribution >= 0.6 is 0 Å². The second-order valence-corrected chi connectivity index (χ2v) is 15.9. The molecule has 0 aliphatic heterocycles. The van der Waals surface area contributed by atoms with Crippen LogP contribution < -0.4 is 4.90 Å². The fourth-order valence-corrected chi connectivity index (χ4v) is 10.2. The van der Waals surface area contributed by atoms with Crippen molar-refractivity contribution in [3.05, 3.63) is 259 Å². The molecule has 2 nitrogen and oxygen atoms in total. The van der Waals surface area contributed by atoms with Gasteiger partial charge in [-0.2, -0.15) is 0 Å². The average Bonchev–Trinajstić information content (AvgIpc) is 3.87. The summed E-state index contributed by atoms with van der Waals surface area (Å²) in [6.45, 7) is 0. The monoisotopic (exact) mass is 777 g/mol. The molecule has 61 heavy (non-hydrogen) atoms. The van der Waals surface area contributed by atoms with E-state index in [1.807, 2.05) is 6.07 Å². The number of anilines is 3. The molecule has 0 N–H and O–H groups in total. The van der Waals surface area contributed by atoms with Crippen LogP contribution in [-0.2, 0) is 5.41 Å². The maximum atomic E-state index is 6.40. The Labute approximate surface area is 355 Å². The fraction of sp³-hybridized carbons (Fsp3) is 0.0169. The maximum Gasteiger partial charge on any atom is 0.136 e. The van der Waals surface area contributed by atoms with Crippen LogP contribution in [0.3, 0.4) is 0 Å². The van der Waals surface area contributed by atoms with E-state index in [4.69, 9.17) is 4.42 Å². The Morgan fingerprint density at radius 3 is 1.69 bits per heavy atom. The lowest BCUT2D eigenvalue weighted by atomic mass is 9.67. The molecule has 0 amide bonds. The van der Waals surface area contributed by atoms with Gasteiger partial charge in [-0.3, -0.25) is 0 Å². The van der Waals surface area contributed by atoms with Gasteiger partial charge in [0, 0.05) is 27.4 Å². The molecule has 0 radical (unpaired) electrons. The summed E-state index contributed by atoms with van der Waals surface area (Å²) >= 11 is 0. The molecule has 0 saturated heterocycles. The summed E-state index contributed by atoms with van der Waals surface area (Å²) in [7, 11) is 0. The van der Waals surface area contributed by atoms with Gasteiger partial charge in [0.15, 0.2) is 0 Å². The van der Waals surface area contributed by atoms with E-state index < -0.39 is 5.41 Å². The van der Waals surface area contributed by atoms with Crippen LogP contribution in [0, 0.1) is 0 Å². The first-order valence-electron chi connectivity index (χ1n) is 21.0. The third-order valence-corrected chi connectivity index (χ3v) is 12.8. The van der Waals surface area contributed by atoms with Gasteiger partial charge in [0.1, 0.15) is 11.2 Å². The van der Waals surface area contributed by atoms with Crippen molar-refractivity contribution >= 4 is 49.8 Å². The molecule has 1 aromatic heterocycles. The first-order valence-corrected chi connectivity index (χ1v) is 21.0. The third kappa shape index (κ3) is 5.36. The van der Waals surface area contributed by atoms with Crippen LogP contribution in [-0.4, -0.2) is 0 Å². The van der Waals surface area contributed by atoms with Gasteiger partial charge in [-0.05, 0) is 91.9 Å². The molecule has 11 aromatic rings. The molecule has 0 fully saturated rings. The lowest BCUT2D eigenvalue weighted by Gasteiger charge is -2.34. The van der Waals surface area contributed by atoms with Gasteiger partial charge >= 0.3 is 0 Å². The second-order valence-electron chi connectivity index (χ2n) is 15.9. The molecule has 1 heterocycles. The summed E-state index contributed by atoms with van der Waals surface area (Å²) in [6, 6.07) is 86.0. The average molecular weight is 778 g/mol. The number of fused-ring (bicyclic) bond motifs is 7. The van der Waals surface area contributed by atoms with E-state index in [1.54, 1.807) is 0 Å². The molecule has 0 bridgehead atoms. The minimum atomic E-state index is -0.456. The van der Waals surface area contributed by atoms with Crippen LogP contribution in [0.4, 0.5) is 17.1 Å². The number of hydrogen-bond donors (Lipinski definition) is 0. The standard InChI is InChI=1S/C59H39NO/c1-3-20-42(21-4-1)59(43-22-5-2-6-23-43)51-30-12-9-26-49(51)57-46(28-16-31-52(57)59)41-36-38-44(39-37-41)60(53-33-15-19-40-18-7-8-24-45(40)53)54-32-13-10-25-47(54)48-29-17-35-56-58(48)50-27-11-14-34-55(50)61-56/h1-39H. The lowest BCUT2D eigenvalue weighted by molar-refractivity contribution is 0.669. The first kappa shape index (κ1) is 35.0. The topological polar surface area (TPSA) is 16.4 Å². The van der Waals surface area contributed by atoms with Crippen LogP contribution in [0.25, 0.3) is 66.1 Å². The van der Waals surface area contributed by atoms with Crippen LogP contribution in [0.1, 0.15) is 22.3 Å². The van der Waals surface area contributed by atoms with Gasteiger partial charge in [-0.1, -0.05) is 200 Å². The Hall–Kier alpha value is -7.94. The van der Waals surface area contributed by atoms with Crippen LogP contribution in [0.2, 0.25) is 0 Å². The van der Waals surface area contributed by atoms with Crippen molar-refractivity contribution in [1.29, 1.82) is 0 Å². The van der Waals surface area contributed by atoms with Gasteiger partial charge in [0.05, 0.1) is 16.8 Å². The van der Waals surface area contributed by atoms with Gasteiger partial charge in [0.25, 0.3) is 0 Å². The van der Waals surface area contributed by atoms with E-state index in [-0.39, 0.29) is 0 Å². The Morgan fingerprint density at radius 1 is 0.344 bits per heavy atom. The number of benzene rings is 10. The summed E-state index contributed by atoms with van der Waals surface area (Å²) in [5.74, 6) is 0. The number of nitrogens with zero attached hydrogens (tertiary/aromatic N) is 1. The molecule has 2 heteroatoms. The molecule has 286 valence electrons. The highest BCUT2D eigenvalue weighted by molar-refractivity contribution is 6.14. The van der Waals surface area contributed by atoms with E-state index in [0.29, 0.717) is 0 Å². The van der Waals surface area contributed by atoms with E-state index in [0.717, 1.165) is 50.1 Å². The largest absolute Gasteiger partial charge is 0.456 e. The summed E-state index contributed by atoms with van der Waals surface area (Å²) in [5, 5.41) is 4.62. The smallest absolute Gasteiger partial charge is 0.136 e. The Kier molecular flexibility index (Phi) is 8.11. The van der Waals surface area contributed by atoms with Crippen molar-refractivity contribution in [2.45, 2.75) is 5.41 Å². The summed E-state index contributed by atoms with van der Waals surface area (Å²) in [4.78, 5) is 2.43. The lowest BCUT2D eigenvalue weighted by Crippen LogP contribution is -2.28. The fourth-order valence-electron chi connectivity index (χ4n) is 10.2. The van der Waals surface area contributed by atoms with Crippen molar-refractivity contribution in [2.75, 3.05) is 4.90 Å². The molecule has 1 aliphatic carbocycles. The zero-order valence-corrected chi connectivity index (χ0v) is 33.4. The normalized spacial score (nSPS) is 12.7. The first-order chi connectivity index (χ1) is 30.3. The Bertz CT molecular complexity index is 3370. The molecule has 0 saturated carbocycles. The molecule has 0 spiro atoms. The quantitative estimate of drug-likeness (QED) is 0.160. The zero-order valence-electron chi connectivity index (χ0n) is 33.4. The van der Waals surface area contributed by atoms with Gasteiger partial charge in [-0.15, -0.1) is 0 Å². The second kappa shape index (κ2) is 14.1. The highest BCUT2D eigenvalue weighted by atomic mass is 16.3. The molecule has 1 aliphatic rings. The summed E-state index contributed by atoms with van der Waals surface area (Å²) in [5.41, 5.74) is 17.0. The number of para-hydroxylation sites is 2. The maximum absolute atomic E-state index is 6.40. The van der Waals surface area contributed by atoms with Crippen LogP contribution in [0.15, 0.2) is 241 Å². The van der Waals surface area contributed by atoms with E-state index >= 15 is 0 Å². The third-order valence-electron chi connectivity index (χ3n) is 12.8. The van der Waals surface area contributed by atoms with E-state index in [2.05, 4.69) is 235 Å². The van der Waals surface area contributed by atoms with Crippen LogP contribution in [0.5, 0.6) is 0 Å². The van der Waals surface area contributed by atoms with Gasteiger partial charge in [0.2, 0.25) is 0 Å². The van der Waals surface area contributed by atoms with Crippen molar-refractivity contribution in [1.82, 2.24) is 0 Å². The van der Waals surface area contributed by atoms with Gasteiger partial charge < -0.3 is 9.32 Å².